The number of para-hydroxylation sites is 2. The minimum absolute atomic E-state index is 0.214. The highest BCUT2D eigenvalue weighted by molar-refractivity contribution is 6.42. The van der Waals surface area contributed by atoms with Gasteiger partial charge in [0, 0.05) is 0 Å². The van der Waals surface area contributed by atoms with Gasteiger partial charge in [0.05, 0.1) is 22.8 Å². The van der Waals surface area contributed by atoms with E-state index >= 15 is 0 Å². The SMILES string of the molecule is COc1ccccc1N1C(=O)NC(=O)/C(=C/c2ccc(Cl)c(Cl)c2)C1=O. The topological polar surface area (TPSA) is 75.7 Å². The van der Waals surface area contributed by atoms with E-state index in [1.54, 1.807) is 36.4 Å². The van der Waals surface area contributed by atoms with Crippen LogP contribution in [0.5, 0.6) is 5.75 Å². The average molecular weight is 391 g/mol. The van der Waals surface area contributed by atoms with Gasteiger partial charge in [-0.05, 0) is 35.9 Å². The van der Waals surface area contributed by atoms with Gasteiger partial charge in [0.25, 0.3) is 11.8 Å². The maximum absolute atomic E-state index is 12.8. The van der Waals surface area contributed by atoms with Crippen LogP contribution in [-0.4, -0.2) is 25.0 Å². The van der Waals surface area contributed by atoms with Crippen LogP contribution in [0.3, 0.4) is 0 Å². The lowest BCUT2D eigenvalue weighted by Gasteiger charge is -2.27. The van der Waals surface area contributed by atoms with E-state index in [1.807, 2.05) is 0 Å². The van der Waals surface area contributed by atoms with E-state index < -0.39 is 17.8 Å². The number of barbiturate groups is 1. The van der Waals surface area contributed by atoms with Crippen molar-refractivity contribution in [2.24, 2.45) is 0 Å². The predicted molar refractivity (Wildman–Crippen MR) is 98.5 cm³/mol. The van der Waals surface area contributed by atoms with Crippen LogP contribution in [0.15, 0.2) is 48.0 Å². The van der Waals surface area contributed by atoms with Crippen molar-refractivity contribution in [3.8, 4) is 5.75 Å². The summed E-state index contributed by atoms with van der Waals surface area (Å²) in [4.78, 5) is 38.1. The number of halogens is 2. The Hall–Kier alpha value is -2.83. The van der Waals surface area contributed by atoms with Gasteiger partial charge in [0.1, 0.15) is 11.3 Å². The minimum atomic E-state index is -0.851. The van der Waals surface area contributed by atoms with Crippen molar-refractivity contribution in [2.45, 2.75) is 0 Å². The van der Waals surface area contributed by atoms with Gasteiger partial charge in [-0.15, -0.1) is 0 Å². The van der Waals surface area contributed by atoms with E-state index in [4.69, 9.17) is 27.9 Å². The molecule has 0 aliphatic carbocycles. The third kappa shape index (κ3) is 3.29. The first kappa shape index (κ1) is 18.0. The molecule has 0 unspecified atom stereocenters. The van der Waals surface area contributed by atoms with Gasteiger partial charge in [-0.1, -0.05) is 41.4 Å². The van der Waals surface area contributed by atoms with E-state index in [0.29, 0.717) is 16.3 Å². The van der Waals surface area contributed by atoms with Crippen LogP contribution in [0, 0.1) is 0 Å². The highest BCUT2D eigenvalue weighted by atomic mass is 35.5. The van der Waals surface area contributed by atoms with Crippen molar-refractivity contribution in [3.63, 3.8) is 0 Å². The largest absolute Gasteiger partial charge is 0.495 e. The Morgan fingerprint density at radius 3 is 2.46 bits per heavy atom. The number of benzene rings is 2. The first-order chi connectivity index (χ1) is 12.4. The predicted octanol–water partition coefficient (Wildman–Crippen LogP) is 3.67. The highest BCUT2D eigenvalue weighted by Gasteiger charge is 2.38. The van der Waals surface area contributed by atoms with Crippen molar-refractivity contribution >= 4 is 52.8 Å². The molecule has 1 aliphatic rings. The van der Waals surface area contributed by atoms with Crippen molar-refractivity contribution in [2.75, 3.05) is 12.0 Å². The van der Waals surface area contributed by atoms with Gasteiger partial charge < -0.3 is 4.74 Å². The monoisotopic (exact) mass is 390 g/mol. The molecule has 0 radical (unpaired) electrons. The summed E-state index contributed by atoms with van der Waals surface area (Å²) < 4.78 is 5.19. The van der Waals surface area contributed by atoms with Gasteiger partial charge in [-0.2, -0.15) is 0 Å². The number of methoxy groups -OCH3 is 1. The molecule has 26 heavy (non-hydrogen) atoms. The molecule has 2 aromatic carbocycles. The maximum Gasteiger partial charge on any atom is 0.336 e. The summed E-state index contributed by atoms with van der Waals surface area (Å²) in [6.07, 6.45) is 1.34. The van der Waals surface area contributed by atoms with E-state index in [9.17, 15) is 14.4 Å². The Kier molecular flexibility index (Phi) is 4.97. The molecule has 1 heterocycles. The number of carbonyl (C=O) groups excluding carboxylic acids is 3. The summed E-state index contributed by atoms with van der Waals surface area (Å²) in [7, 11) is 1.42. The van der Waals surface area contributed by atoms with E-state index in [0.717, 1.165) is 4.90 Å². The zero-order valence-electron chi connectivity index (χ0n) is 13.5. The molecule has 1 aliphatic heterocycles. The van der Waals surface area contributed by atoms with Gasteiger partial charge in [0.2, 0.25) is 0 Å². The smallest absolute Gasteiger partial charge is 0.336 e. The minimum Gasteiger partial charge on any atom is -0.495 e. The van der Waals surface area contributed by atoms with Crippen LogP contribution in [0.25, 0.3) is 6.08 Å². The first-order valence-electron chi connectivity index (χ1n) is 7.42. The molecular formula is C18H12Cl2N2O4. The summed E-state index contributed by atoms with van der Waals surface area (Å²) in [6, 6.07) is 10.3. The molecular weight excluding hydrogens is 379 g/mol. The average Bonchev–Trinajstić information content (AvgIpc) is 2.62. The third-order valence-electron chi connectivity index (χ3n) is 3.68. The van der Waals surface area contributed by atoms with Crippen LogP contribution in [-0.2, 0) is 9.59 Å². The van der Waals surface area contributed by atoms with Gasteiger partial charge >= 0.3 is 6.03 Å². The van der Waals surface area contributed by atoms with Crippen LogP contribution in [0.1, 0.15) is 5.56 Å². The van der Waals surface area contributed by atoms with Gasteiger partial charge in [0.15, 0.2) is 0 Å². The zero-order chi connectivity index (χ0) is 18.8. The van der Waals surface area contributed by atoms with E-state index in [2.05, 4.69) is 5.32 Å². The summed E-state index contributed by atoms with van der Waals surface area (Å²) >= 11 is 11.8. The summed E-state index contributed by atoms with van der Waals surface area (Å²) in [5.41, 5.74) is 0.506. The second kappa shape index (κ2) is 7.19. The molecule has 0 spiro atoms. The molecule has 1 N–H and O–H groups in total. The molecule has 0 aromatic heterocycles. The van der Waals surface area contributed by atoms with Crippen molar-refractivity contribution in [1.82, 2.24) is 5.32 Å². The van der Waals surface area contributed by atoms with Crippen molar-refractivity contribution in [3.05, 3.63) is 63.6 Å². The number of ether oxygens (including phenoxy) is 1. The van der Waals surface area contributed by atoms with Gasteiger partial charge in [-0.25, -0.2) is 9.69 Å². The number of amides is 4. The number of anilines is 1. The fourth-order valence-electron chi connectivity index (χ4n) is 2.46. The molecule has 132 valence electrons. The van der Waals surface area contributed by atoms with Gasteiger partial charge in [-0.3, -0.25) is 14.9 Å². The quantitative estimate of drug-likeness (QED) is 0.640. The fourth-order valence-corrected chi connectivity index (χ4v) is 2.77. The Morgan fingerprint density at radius 2 is 1.77 bits per heavy atom. The molecule has 0 bridgehead atoms. The summed E-state index contributed by atoms with van der Waals surface area (Å²) in [5, 5.41) is 2.78. The second-order valence-electron chi connectivity index (χ2n) is 5.30. The fraction of sp³-hybridized carbons (Fsp3) is 0.0556. The molecule has 8 heteroatoms. The zero-order valence-corrected chi connectivity index (χ0v) is 15.0. The third-order valence-corrected chi connectivity index (χ3v) is 4.42. The molecule has 1 fully saturated rings. The second-order valence-corrected chi connectivity index (χ2v) is 6.12. The molecule has 6 nitrogen and oxygen atoms in total. The maximum atomic E-state index is 12.8. The molecule has 0 saturated carbocycles. The van der Waals surface area contributed by atoms with Crippen molar-refractivity contribution in [1.29, 1.82) is 0 Å². The summed E-state index contributed by atoms with van der Waals surface area (Å²) in [5.74, 6) is -1.24. The molecule has 0 atom stereocenters. The summed E-state index contributed by atoms with van der Waals surface area (Å²) in [6.45, 7) is 0. The number of rotatable bonds is 3. The Morgan fingerprint density at radius 1 is 1.04 bits per heavy atom. The lowest BCUT2D eigenvalue weighted by Crippen LogP contribution is -2.54. The Bertz CT molecular complexity index is 956. The van der Waals surface area contributed by atoms with E-state index in [-0.39, 0.29) is 16.3 Å². The number of carbonyl (C=O) groups is 3. The molecule has 4 amide bonds. The number of nitrogens with zero attached hydrogens (tertiary/aromatic N) is 1. The molecule has 3 rings (SSSR count). The standard InChI is InChI=1S/C18H12Cl2N2O4/c1-26-15-5-3-2-4-14(15)22-17(24)11(16(23)21-18(22)25)8-10-6-7-12(19)13(20)9-10/h2-9H,1H3,(H,21,23,25)/b11-8-. The van der Waals surface area contributed by atoms with Crippen LogP contribution < -0.4 is 15.0 Å². The van der Waals surface area contributed by atoms with Crippen LogP contribution >= 0.6 is 23.2 Å². The lowest BCUT2D eigenvalue weighted by molar-refractivity contribution is -0.122. The number of imide groups is 2. The van der Waals surface area contributed by atoms with Crippen LogP contribution in [0.2, 0.25) is 10.0 Å². The lowest BCUT2D eigenvalue weighted by atomic mass is 10.1. The normalized spacial score (nSPS) is 16.0. The van der Waals surface area contributed by atoms with Crippen molar-refractivity contribution < 1.29 is 19.1 Å². The molecule has 2 aromatic rings. The van der Waals surface area contributed by atoms with E-state index in [1.165, 1.54) is 19.3 Å². The highest BCUT2D eigenvalue weighted by Crippen LogP contribution is 2.31. The number of hydrogen-bond donors (Lipinski definition) is 1. The number of urea groups is 1. The van der Waals surface area contributed by atoms with Crippen LogP contribution in [0.4, 0.5) is 10.5 Å². The molecule has 1 saturated heterocycles. The number of hydrogen-bond acceptors (Lipinski definition) is 4. The first-order valence-corrected chi connectivity index (χ1v) is 8.17. The Balaban J connectivity index is 2.05. The Labute approximate surface area is 158 Å². The number of nitrogens with one attached hydrogen (secondary N) is 1.